The van der Waals surface area contributed by atoms with Crippen LogP contribution >= 0.6 is 0 Å². The van der Waals surface area contributed by atoms with Gasteiger partial charge in [-0.25, -0.2) is 0 Å². The number of benzene rings is 2. The Morgan fingerprint density at radius 2 is 1.88 bits per heavy atom. The van der Waals surface area contributed by atoms with E-state index in [0.717, 1.165) is 25.0 Å². The van der Waals surface area contributed by atoms with E-state index in [2.05, 4.69) is 0 Å². The summed E-state index contributed by atoms with van der Waals surface area (Å²) in [4.78, 5) is 14.5. The first-order valence-corrected chi connectivity index (χ1v) is 8.48. The minimum atomic E-state index is -1.32. The van der Waals surface area contributed by atoms with Crippen LogP contribution in [0.25, 0.3) is 0 Å². The van der Waals surface area contributed by atoms with Crippen LogP contribution in [0.4, 0.5) is 0 Å². The molecule has 2 heterocycles. The van der Waals surface area contributed by atoms with Gasteiger partial charge in [-0.3, -0.25) is 4.79 Å². The lowest BCUT2D eigenvalue weighted by atomic mass is 9.94. The van der Waals surface area contributed by atoms with E-state index in [1.165, 1.54) is 0 Å². The number of rotatable bonds is 4. The standard InChI is InChI=1S/C20H21NO3/c22-19-17-10-4-5-11-18(17)20(23,13-15-7-2-1-3-8-15)21(19)14-16-9-6-12-24-16/h1-5,7-8,10-11,16,23H,6,9,12-14H2/t16-,20+/m0/s1. The SMILES string of the molecule is O=C1c2ccccc2[C@](O)(Cc2ccccc2)N1C[C@@H]1CCCO1. The fourth-order valence-corrected chi connectivity index (χ4v) is 3.77. The number of aliphatic hydroxyl groups is 1. The van der Waals surface area contributed by atoms with Crippen LogP contribution < -0.4 is 0 Å². The summed E-state index contributed by atoms with van der Waals surface area (Å²) >= 11 is 0. The lowest BCUT2D eigenvalue weighted by molar-refractivity contribution is -0.0973. The second-order valence-corrected chi connectivity index (χ2v) is 6.58. The number of nitrogens with zero attached hydrogens (tertiary/aromatic N) is 1. The van der Waals surface area contributed by atoms with Crippen molar-refractivity contribution in [2.45, 2.75) is 31.1 Å². The molecule has 2 aliphatic rings. The zero-order chi connectivity index (χ0) is 16.6. The zero-order valence-electron chi connectivity index (χ0n) is 13.5. The van der Waals surface area contributed by atoms with Crippen molar-refractivity contribution in [2.75, 3.05) is 13.2 Å². The van der Waals surface area contributed by atoms with E-state index in [1.807, 2.05) is 48.5 Å². The van der Waals surface area contributed by atoms with Gasteiger partial charge in [0.1, 0.15) is 0 Å². The van der Waals surface area contributed by atoms with Crippen molar-refractivity contribution in [2.24, 2.45) is 0 Å². The van der Waals surface area contributed by atoms with Crippen molar-refractivity contribution in [1.82, 2.24) is 4.90 Å². The van der Waals surface area contributed by atoms with Gasteiger partial charge >= 0.3 is 0 Å². The van der Waals surface area contributed by atoms with Gasteiger partial charge in [0.2, 0.25) is 0 Å². The molecule has 0 saturated carbocycles. The number of ether oxygens (including phenoxy) is 1. The minimum absolute atomic E-state index is 0.00515. The van der Waals surface area contributed by atoms with Crippen molar-refractivity contribution in [3.05, 3.63) is 71.3 Å². The van der Waals surface area contributed by atoms with Crippen molar-refractivity contribution >= 4 is 5.91 Å². The van der Waals surface area contributed by atoms with Crippen LogP contribution in [0.5, 0.6) is 0 Å². The van der Waals surface area contributed by atoms with Crippen LogP contribution in [-0.2, 0) is 16.9 Å². The van der Waals surface area contributed by atoms with Crippen LogP contribution in [0.2, 0.25) is 0 Å². The number of carbonyl (C=O) groups excluding carboxylic acids is 1. The highest BCUT2D eigenvalue weighted by Gasteiger charge is 2.49. The lowest BCUT2D eigenvalue weighted by Crippen LogP contribution is -2.48. The Labute approximate surface area is 141 Å². The van der Waals surface area contributed by atoms with Gasteiger partial charge in [-0.15, -0.1) is 0 Å². The first-order valence-electron chi connectivity index (χ1n) is 8.48. The van der Waals surface area contributed by atoms with E-state index in [-0.39, 0.29) is 12.0 Å². The summed E-state index contributed by atoms with van der Waals surface area (Å²) < 4.78 is 5.70. The van der Waals surface area contributed by atoms with Crippen molar-refractivity contribution in [1.29, 1.82) is 0 Å². The molecular formula is C20H21NO3. The Morgan fingerprint density at radius 1 is 1.12 bits per heavy atom. The highest BCUT2D eigenvalue weighted by atomic mass is 16.5. The van der Waals surface area contributed by atoms with Crippen LogP contribution in [0.15, 0.2) is 54.6 Å². The third-order valence-electron chi connectivity index (χ3n) is 4.98. The average molecular weight is 323 g/mol. The molecule has 4 rings (SSSR count). The predicted octanol–water partition coefficient (Wildman–Crippen LogP) is 2.71. The van der Waals surface area contributed by atoms with Crippen LogP contribution in [-0.4, -0.2) is 35.2 Å². The Bertz CT molecular complexity index is 740. The van der Waals surface area contributed by atoms with E-state index < -0.39 is 5.72 Å². The lowest BCUT2D eigenvalue weighted by Gasteiger charge is -2.36. The molecule has 0 spiro atoms. The van der Waals surface area contributed by atoms with E-state index >= 15 is 0 Å². The van der Waals surface area contributed by atoms with Gasteiger partial charge in [-0.1, -0.05) is 48.5 Å². The quantitative estimate of drug-likeness (QED) is 0.941. The maximum atomic E-state index is 12.9. The molecule has 0 radical (unpaired) electrons. The summed E-state index contributed by atoms with van der Waals surface area (Å²) in [6, 6.07) is 17.2. The Balaban J connectivity index is 1.72. The number of carbonyl (C=O) groups is 1. The fourth-order valence-electron chi connectivity index (χ4n) is 3.77. The van der Waals surface area contributed by atoms with Crippen molar-refractivity contribution < 1.29 is 14.6 Å². The minimum Gasteiger partial charge on any atom is -0.376 e. The number of hydrogen-bond acceptors (Lipinski definition) is 3. The fraction of sp³-hybridized carbons (Fsp3) is 0.350. The van der Waals surface area contributed by atoms with Crippen LogP contribution in [0.1, 0.15) is 34.3 Å². The largest absolute Gasteiger partial charge is 0.376 e. The zero-order valence-corrected chi connectivity index (χ0v) is 13.5. The molecular weight excluding hydrogens is 302 g/mol. The van der Waals surface area contributed by atoms with Crippen LogP contribution in [0.3, 0.4) is 0 Å². The summed E-state index contributed by atoms with van der Waals surface area (Å²) in [6.45, 7) is 1.16. The van der Waals surface area contributed by atoms with Gasteiger partial charge < -0.3 is 14.7 Å². The molecule has 24 heavy (non-hydrogen) atoms. The summed E-state index contributed by atoms with van der Waals surface area (Å²) in [7, 11) is 0. The van der Waals surface area contributed by atoms with Gasteiger partial charge in [-0.05, 0) is 24.5 Å². The monoisotopic (exact) mass is 323 g/mol. The highest BCUT2D eigenvalue weighted by Crippen LogP contribution is 2.40. The van der Waals surface area contributed by atoms with E-state index in [0.29, 0.717) is 24.1 Å². The van der Waals surface area contributed by atoms with Crippen molar-refractivity contribution in [3.63, 3.8) is 0 Å². The molecule has 124 valence electrons. The van der Waals surface area contributed by atoms with Gasteiger partial charge in [-0.2, -0.15) is 0 Å². The molecule has 4 nitrogen and oxygen atoms in total. The third-order valence-corrected chi connectivity index (χ3v) is 4.98. The molecule has 2 aromatic carbocycles. The van der Waals surface area contributed by atoms with E-state index in [1.54, 1.807) is 11.0 Å². The molecule has 0 bridgehead atoms. The second kappa shape index (κ2) is 6.04. The normalized spacial score (nSPS) is 26.0. The predicted molar refractivity (Wildman–Crippen MR) is 90.5 cm³/mol. The second-order valence-electron chi connectivity index (χ2n) is 6.58. The summed E-state index contributed by atoms with van der Waals surface area (Å²) in [6.07, 6.45) is 2.33. The average Bonchev–Trinajstić information content (AvgIpc) is 3.19. The Morgan fingerprint density at radius 3 is 2.62 bits per heavy atom. The molecule has 0 aliphatic carbocycles. The first-order chi connectivity index (χ1) is 11.7. The van der Waals surface area contributed by atoms with Gasteiger partial charge in [0.05, 0.1) is 12.6 Å². The number of hydrogen-bond donors (Lipinski definition) is 1. The van der Waals surface area contributed by atoms with Crippen LogP contribution in [0, 0.1) is 0 Å². The van der Waals surface area contributed by atoms with Gasteiger partial charge in [0, 0.05) is 24.2 Å². The molecule has 2 atom stereocenters. The topological polar surface area (TPSA) is 49.8 Å². The molecule has 4 heteroatoms. The Kier molecular flexibility index (Phi) is 3.87. The molecule has 0 aromatic heterocycles. The smallest absolute Gasteiger partial charge is 0.256 e. The number of fused-ring (bicyclic) bond motifs is 1. The maximum absolute atomic E-state index is 12.9. The molecule has 1 N–H and O–H groups in total. The molecule has 1 saturated heterocycles. The maximum Gasteiger partial charge on any atom is 0.256 e. The molecule has 0 unspecified atom stereocenters. The summed E-state index contributed by atoms with van der Waals surface area (Å²) in [5.74, 6) is -0.112. The molecule has 2 aliphatic heterocycles. The van der Waals surface area contributed by atoms with E-state index in [9.17, 15) is 9.90 Å². The molecule has 1 amide bonds. The third kappa shape index (κ3) is 2.52. The molecule has 1 fully saturated rings. The number of amides is 1. The van der Waals surface area contributed by atoms with E-state index in [4.69, 9.17) is 4.74 Å². The van der Waals surface area contributed by atoms with Gasteiger partial charge in [0.15, 0.2) is 5.72 Å². The summed E-state index contributed by atoms with van der Waals surface area (Å²) in [5.41, 5.74) is 0.966. The Hall–Kier alpha value is -2.17. The first kappa shape index (κ1) is 15.4. The van der Waals surface area contributed by atoms with Gasteiger partial charge in [0.25, 0.3) is 5.91 Å². The highest BCUT2D eigenvalue weighted by molar-refractivity contribution is 5.99. The molecule has 2 aromatic rings. The summed E-state index contributed by atoms with van der Waals surface area (Å²) in [5, 5.41) is 11.5. The van der Waals surface area contributed by atoms with Crippen molar-refractivity contribution in [3.8, 4) is 0 Å².